The third kappa shape index (κ3) is 6.40. The Hall–Kier alpha value is -5.07. The molecule has 0 amide bonds. The monoisotopic (exact) mass is 572 g/mol. The van der Waals surface area contributed by atoms with Gasteiger partial charge in [-0.2, -0.15) is 0 Å². The van der Waals surface area contributed by atoms with Crippen molar-refractivity contribution in [1.29, 1.82) is 0 Å². The minimum atomic E-state index is -1.26. The predicted molar refractivity (Wildman–Crippen MR) is 139 cm³/mol. The maximum atomic E-state index is 13.2. The Bertz CT molecular complexity index is 1420. The fourth-order valence-electron chi connectivity index (χ4n) is 4.23. The van der Waals surface area contributed by atoms with Crippen molar-refractivity contribution in [3.8, 4) is 34.5 Å². The number of rotatable bonds is 9. The standard InChI is InChI=1S/C28H28O13/c1-13(29)38-24-17(9-10-19(34-4)26(24)39-14(2)30)23-21(28(33)37-7)18-12-16(8-11-20(32)35-5)22(36-6)27(25(18)41-23)40-15(3)31/h8-12,21,23H,1-7H3/b11-8+. The average molecular weight is 573 g/mol. The molecule has 2 aromatic rings. The third-order valence-electron chi connectivity index (χ3n) is 5.76. The van der Waals surface area contributed by atoms with E-state index in [1.54, 1.807) is 0 Å². The predicted octanol–water partition coefficient (Wildman–Crippen LogP) is 3.06. The molecule has 0 radical (unpaired) electrons. The molecule has 0 saturated heterocycles. The molecule has 1 aliphatic rings. The number of hydrogen-bond acceptors (Lipinski definition) is 13. The van der Waals surface area contributed by atoms with Crippen molar-refractivity contribution in [2.24, 2.45) is 0 Å². The van der Waals surface area contributed by atoms with Crippen LogP contribution in [-0.4, -0.2) is 58.3 Å². The first-order chi connectivity index (χ1) is 19.5. The summed E-state index contributed by atoms with van der Waals surface area (Å²) in [5, 5.41) is 0. The van der Waals surface area contributed by atoms with Crippen LogP contribution in [0.3, 0.4) is 0 Å². The molecule has 0 aromatic heterocycles. The number of fused-ring (bicyclic) bond motifs is 1. The van der Waals surface area contributed by atoms with Crippen LogP contribution in [-0.2, 0) is 33.4 Å². The highest BCUT2D eigenvalue weighted by molar-refractivity contribution is 5.90. The topological polar surface area (TPSA) is 159 Å². The first-order valence-electron chi connectivity index (χ1n) is 12.0. The second-order valence-corrected chi connectivity index (χ2v) is 8.44. The summed E-state index contributed by atoms with van der Waals surface area (Å²) in [6.07, 6.45) is 1.19. The van der Waals surface area contributed by atoms with Crippen molar-refractivity contribution in [3.63, 3.8) is 0 Å². The van der Waals surface area contributed by atoms with Gasteiger partial charge in [-0.3, -0.25) is 19.2 Å². The molecule has 13 heteroatoms. The normalized spacial score (nSPS) is 15.3. The van der Waals surface area contributed by atoms with Gasteiger partial charge in [0.1, 0.15) is 12.0 Å². The van der Waals surface area contributed by atoms with Crippen molar-refractivity contribution in [2.45, 2.75) is 32.8 Å². The molecule has 0 aliphatic carbocycles. The van der Waals surface area contributed by atoms with E-state index in [0.29, 0.717) is 0 Å². The van der Waals surface area contributed by atoms with Gasteiger partial charge in [-0.25, -0.2) is 4.79 Å². The Morgan fingerprint density at radius 2 is 1.34 bits per heavy atom. The molecule has 13 nitrogen and oxygen atoms in total. The van der Waals surface area contributed by atoms with E-state index in [1.807, 2.05) is 0 Å². The molecule has 0 spiro atoms. The van der Waals surface area contributed by atoms with E-state index in [-0.39, 0.29) is 51.2 Å². The molecule has 0 fully saturated rings. The molecular weight excluding hydrogens is 544 g/mol. The Balaban J connectivity index is 2.36. The van der Waals surface area contributed by atoms with Gasteiger partial charge in [0.2, 0.25) is 11.5 Å². The minimum absolute atomic E-state index is 0.0129. The molecule has 2 unspecified atom stereocenters. The molecule has 1 heterocycles. The van der Waals surface area contributed by atoms with Gasteiger partial charge in [0.05, 0.1) is 28.4 Å². The highest BCUT2D eigenvalue weighted by atomic mass is 16.6. The van der Waals surface area contributed by atoms with E-state index in [9.17, 15) is 24.0 Å². The van der Waals surface area contributed by atoms with Crippen LogP contribution < -0.4 is 28.4 Å². The summed E-state index contributed by atoms with van der Waals surface area (Å²) in [6.45, 7) is 3.43. The number of hydrogen-bond donors (Lipinski definition) is 0. The maximum absolute atomic E-state index is 13.2. The highest BCUT2D eigenvalue weighted by Gasteiger charge is 2.46. The van der Waals surface area contributed by atoms with E-state index >= 15 is 0 Å². The van der Waals surface area contributed by atoms with Gasteiger partial charge in [0.25, 0.3) is 0 Å². The Morgan fingerprint density at radius 3 is 1.88 bits per heavy atom. The highest BCUT2D eigenvalue weighted by Crippen LogP contribution is 2.57. The van der Waals surface area contributed by atoms with Crippen LogP contribution in [0.15, 0.2) is 24.3 Å². The molecule has 218 valence electrons. The molecule has 2 aromatic carbocycles. The lowest BCUT2D eigenvalue weighted by Crippen LogP contribution is -2.21. The molecule has 0 N–H and O–H groups in total. The lowest BCUT2D eigenvalue weighted by molar-refractivity contribution is -0.144. The first kappa shape index (κ1) is 30.5. The SMILES string of the molecule is COC(=O)/C=C/c1cc2c(c(OC(C)=O)c1OC)OC(c1ccc(OC)c(OC(C)=O)c1OC(C)=O)C2C(=O)OC. The van der Waals surface area contributed by atoms with Crippen molar-refractivity contribution in [3.05, 3.63) is 41.0 Å². The van der Waals surface area contributed by atoms with E-state index in [0.717, 1.165) is 34.0 Å². The zero-order valence-corrected chi connectivity index (χ0v) is 23.3. The molecular formula is C28H28O13. The summed E-state index contributed by atoms with van der Waals surface area (Å²) in [4.78, 5) is 61.1. The van der Waals surface area contributed by atoms with E-state index < -0.39 is 41.9 Å². The zero-order valence-electron chi connectivity index (χ0n) is 23.3. The molecule has 0 saturated carbocycles. The van der Waals surface area contributed by atoms with Gasteiger partial charge in [-0.05, 0) is 24.3 Å². The smallest absolute Gasteiger partial charge is 0.330 e. The van der Waals surface area contributed by atoms with Crippen LogP contribution in [0, 0.1) is 0 Å². The Morgan fingerprint density at radius 1 is 0.732 bits per heavy atom. The largest absolute Gasteiger partial charge is 0.493 e. The number of esters is 5. The van der Waals surface area contributed by atoms with Crippen LogP contribution in [0.5, 0.6) is 34.5 Å². The van der Waals surface area contributed by atoms with Gasteiger partial charge in [0.15, 0.2) is 23.0 Å². The summed E-state index contributed by atoms with van der Waals surface area (Å²) in [7, 11) is 4.99. The van der Waals surface area contributed by atoms with Crippen molar-refractivity contribution >= 4 is 35.9 Å². The summed E-state index contributed by atoms with van der Waals surface area (Å²) in [5.74, 6) is -5.54. The van der Waals surface area contributed by atoms with Crippen molar-refractivity contribution < 1.29 is 61.9 Å². The van der Waals surface area contributed by atoms with Gasteiger partial charge in [-0.1, -0.05) is 0 Å². The summed E-state index contributed by atoms with van der Waals surface area (Å²) in [6, 6.07) is 4.38. The summed E-state index contributed by atoms with van der Waals surface area (Å²) >= 11 is 0. The molecule has 3 rings (SSSR count). The van der Waals surface area contributed by atoms with E-state index in [1.165, 1.54) is 45.6 Å². The number of methoxy groups -OCH3 is 4. The number of carbonyl (C=O) groups is 5. The second kappa shape index (κ2) is 12.9. The van der Waals surface area contributed by atoms with Crippen LogP contribution >= 0.6 is 0 Å². The van der Waals surface area contributed by atoms with Crippen LogP contribution in [0.25, 0.3) is 6.08 Å². The minimum Gasteiger partial charge on any atom is -0.493 e. The fourth-order valence-corrected chi connectivity index (χ4v) is 4.23. The van der Waals surface area contributed by atoms with Gasteiger partial charge in [-0.15, -0.1) is 0 Å². The first-order valence-corrected chi connectivity index (χ1v) is 12.0. The number of ether oxygens (including phenoxy) is 8. The van der Waals surface area contributed by atoms with Crippen molar-refractivity contribution in [2.75, 3.05) is 28.4 Å². The second-order valence-electron chi connectivity index (χ2n) is 8.44. The molecule has 1 aliphatic heterocycles. The van der Waals surface area contributed by atoms with Gasteiger partial charge in [0, 0.05) is 43.5 Å². The van der Waals surface area contributed by atoms with Gasteiger partial charge < -0.3 is 37.9 Å². The van der Waals surface area contributed by atoms with Gasteiger partial charge >= 0.3 is 29.8 Å². The van der Waals surface area contributed by atoms with Crippen molar-refractivity contribution in [1.82, 2.24) is 0 Å². The van der Waals surface area contributed by atoms with E-state index in [4.69, 9.17) is 33.2 Å². The van der Waals surface area contributed by atoms with Crippen LogP contribution in [0.2, 0.25) is 0 Å². The summed E-state index contributed by atoms with van der Waals surface area (Å²) in [5.41, 5.74) is 0.534. The molecule has 0 bridgehead atoms. The Labute approximate surface area is 234 Å². The zero-order chi connectivity index (χ0) is 30.4. The average Bonchev–Trinajstić information content (AvgIpc) is 3.30. The number of carbonyl (C=O) groups excluding carboxylic acids is 5. The van der Waals surface area contributed by atoms with E-state index in [2.05, 4.69) is 4.74 Å². The fraction of sp³-hybridized carbons (Fsp3) is 0.321. The number of benzene rings is 2. The molecule has 2 atom stereocenters. The lowest BCUT2D eigenvalue weighted by Gasteiger charge is -2.22. The third-order valence-corrected chi connectivity index (χ3v) is 5.76. The Kier molecular flexibility index (Phi) is 9.55. The quantitative estimate of drug-likeness (QED) is 0.245. The lowest BCUT2D eigenvalue weighted by atomic mass is 9.89. The maximum Gasteiger partial charge on any atom is 0.330 e. The van der Waals surface area contributed by atoms with Crippen LogP contribution in [0.1, 0.15) is 49.5 Å². The molecule has 41 heavy (non-hydrogen) atoms. The van der Waals surface area contributed by atoms with Crippen LogP contribution in [0.4, 0.5) is 0 Å². The summed E-state index contributed by atoms with van der Waals surface area (Å²) < 4.78 is 42.9.